The van der Waals surface area contributed by atoms with E-state index in [-0.39, 0.29) is 31.6 Å². The predicted molar refractivity (Wildman–Crippen MR) is 112 cm³/mol. The molecule has 166 valence electrons. The van der Waals surface area contributed by atoms with Crippen molar-refractivity contribution in [3.05, 3.63) is 71.8 Å². The van der Waals surface area contributed by atoms with E-state index in [1.165, 1.54) is 6.07 Å². The molecule has 4 nitrogen and oxygen atoms in total. The first-order valence-corrected chi connectivity index (χ1v) is 9.76. The van der Waals surface area contributed by atoms with E-state index in [2.05, 4.69) is 16.9 Å². The summed E-state index contributed by atoms with van der Waals surface area (Å²) >= 11 is 0. The van der Waals surface area contributed by atoms with E-state index in [0.29, 0.717) is 18.9 Å². The summed E-state index contributed by atoms with van der Waals surface area (Å²) in [6.45, 7) is 5.61. The molecule has 0 unspecified atom stereocenters. The van der Waals surface area contributed by atoms with Gasteiger partial charge in [-0.3, -0.25) is 9.78 Å². The number of nitrogens with one attached hydrogen (secondary N) is 1. The molecule has 0 saturated heterocycles. The van der Waals surface area contributed by atoms with Crippen LogP contribution < -0.4 is 10.1 Å². The summed E-state index contributed by atoms with van der Waals surface area (Å²) in [5.74, 6) is -1.55. The summed E-state index contributed by atoms with van der Waals surface area (Å²) in [5, 5.41) is 2.91. The van der Waals surface area contributed by atoms with Gasteiger partial charge in [-0.25, -0.2) is 4.39 Å². The number of carbonyl (C=O) groups is 1. The molecule has 1 aromatic carbocycles. The Hall–Kier alpha value is -3.16. The molecule has 0 radical (unpaired) electrons. The number of nitrogens with zero attached hydrogens (tertiary/aromatic N) is 1. The maximum atomic E-state index is 13.4. The van der Waals surface area contributed by atoms with Crippen LogP contribution in [0.25, 0.3) is 11.6 Å². The second-order valence-corrected chi connectivity index (χ2v) is 7.27. The number of pyridine rings is 1. The Labute approximate surface area is 179 Å². The Morgan fingerprint density at radius 1 is 1.35 bits per heavy atom. The molecule has 1 aliphatic rings. The lowest BCUT2D eigenvalue weighted by Crippen LogP contribution is -2.49. The predicted octanol–water partition coefficient (Wildman–Crippen LogP) is 5.65. The summed E-state index contributed by atoms with van der Waals surface area (Å²) < 4.78 is 57.3. The number of carbonyl (C=O) groups excluding carboxylic acids is 1. The number of ether oxygens (including phenoxy) is 1. The SMILES string of the molecule is C=Cc1cnccc1/C(=C\C)CC(=O)NC1CC(Oc2ccc(F)c(C(F)(F)F)c2)C1.[HH]. The maximum absolute atomic E-state index is 13.4. The highest BCUT2D eigenvalue weighted by Gasteiger charge is 2.36. The van der Waals surface area contributed by atoms with Gasteiger partial charge >= 0.3 is 6.18 Å². The van der Waals surface area contributed by atoms with Crippen LogP contribution in [0.1, 0.15) is 44.3 Å². The fourth-order valence-corrected chi connectivity index (χ4v) is 3.43. The van der Waals surface area contributed by atoms with Crippen molar-refractivity contribution in [3.8, 4) is 5.75 Å². The summed E-state index contributed by atoms with van der Waals surface area (Å²) in [4.78, 5) is 16.5. The van der Waals surface area contributed by atoms with Crippen molar-refractivity contribution in [1.29, 1.82) is 0 Å². The minimum Gasteiger partial charge on any atom is -0.490 e. The summed E-state index contributed by atoms with van der Waals surface area (Å²) in [6.07, 6.45) is 2.84. The number of hydrogen-bond acceptors (Lipinski definition) is 3. The van der Waals surface area contributed by atoms with Gasteiger partial charge in [0.2, 0.25) is 5.91 Å². The number of allylic oxidation sites excluding steroid dienone is 1. The van der Waals surface area contributed by atoms with Gasteiger partial charge in [-0.15, -0.1) is 0 Å². The molecule has 2 aromatic rings. The van der Waals surface area contributed by atoms with E-state index in [1.807, 2.05) is 19.1 Å². The normalized spacial score (nSPS) is 18.8. The Balaban J connectivity index is 0.00000363. The third-order valence-electron chi connectivity index (χ3n) is 5.12. The van der Waals surface area contributed by atoms with Gasteiger partial charge in [-0.1, -0.05) is 18.7 Å². The Bertz CT molecular complexity index is 1000. The number of halogens is 4. The molecule has 1 aromatic heterocycles. The van der Waals surface area contributed by atoms with Crippen LogP contribution in [0, 0.1) is 5.82 Å². The highest BCUT2D eigenvalue weighted by molar-refractivity contribution is 5.90. The molecule has 0 bridgehead atoms. The Kier molecular flexibility index (Phi) is 6.77. The van der Waals surface area contributed by atoms with E-state index in [9.17, 15) is 22.4 Å². The number of benzene rings is 1. The van der Waals surface area contributed by atoms with Crippen LogP contribution in [0.15, 0.2) is 49.3 Å². The minimum absolute atomic E-state index is 0. The second-order valence-electron chi connectivity index (χ2n) is 7.27. The smallest absolute Gasteiger partial charge is 0.419 e. The summed E-state index contributed by atoms with van der Waals surface area (Å²) in [6, 6.07) is 4.26. The zero-order valence-corrected chi connectivity index (χ0v) is 16.9. The number of alkyl halides is 3. The van der Waals surface area contributed by atoms with Gasteiger partial charge in [-0.2, -0.15) is 13.2 Å². The molecular weight excluding hydrogens is 412 g/mol. The van der Waals surface area contributed by atoms with Gasteiger partial charge in [0.1, 0.15) is 17.7 Å². The van der Waals surface area contributed by atoms with Crippen molar-refractivity contribution in [3.63, 3.8) is 0 Å². The van der Waals surface area contributed by atoms with Gasteiger partial charge in [-0.05, 0) is 47.9 Å². The highest BCUT2D eigenvalue weighted by atomic mass is 19.4. The molecule has 31 heavy (non-hydrogen) atoms. The molecule has 0 spiro atoms. The third kappa shape index (κ3) is 5.51. The second kappa shape index (κ2) is 9.32. The van der Waals surface area contributed by atoms with Crippen LogP contribution in [0.2, 0.25) is 0 Å². The molecule has 1 N–H and O–H groups in total. The summed E-state index contributed by atoms with van der Waals surface area (Å²) in [7, 11) is 0. The fraction of sp³-hybridized carbons (Fsp3) is 0.304. The van der Waals surface area contributed by atoms with Gasteiger partial charge in [0.25, 0.3) is 0 Å². The van der Waals surface area contributed by atoms with Crippen LogP contribution >= 0.6 is 0 Å². The highest BCUT2D eigenvalue weighted by Crippen LogP contribution is 2.35. The largest absolute Gasteiger partial charge is 0.490 e. The topological polar surface area (TPSA) is 51.2 Å². The van der Waals surface area contributed by atoms with E-state index in [1.54, 1.807) is 18.5 Å². The average molecular weight is 436 g/mol. The lowest BCUT2D eigenvalue weighted by atomic mass is 9.88. The zero-order chi connectivity index (χ0) is 22.6. The summed E-state index contributed by atoms with van der Waals surface area (Å²) in [5.41, 5.74) is 1.20. The van der Waals surface area contributed by atoms with Gasteiger partial charge in [0.15, 0.2) is 0 Å². The molecule has 0 atom stereocenters. The first kappa shape index (κ1) is 22.5. The molecule has 1 heterocycles. The molecule has 3 rings (SSSR count). The molecular formula is C23H24F4N2O2. The average Bonchev–Trinajstić information content (AvgIpc) is 2.70. The molecule has 0 aliphatic heterocycles. The minimum atomic E-state index is -4.79. The van der Waals surface area contributed by atoms with Crippen LogP contribution in [0.3, 0.4) is 0 Å². The number of amides is 1. The van der Waals surface area contributed by atoms with Crippen molar-refractivity contribution in [2.75, 3.05) is 0 Å². The first-order valence-electron chi connectivity index (χ1n) is 9.76. The molecule has 1 fully saturated rings. The fourth-order valence-electron chi connectivity index (χ4n) is 3.43. The lowest BCUT2D eigenvalue weighted by Gasteiger charge is -2.36. The lowest BCUT2D eigenvalue weighted by molar-refractivity contribution is -0.140. The Morgan fingerprint density at radius 3 is 2.74 bits per heavy atom. The molecule has 1 amide bonds. The molecule has 1 aliphatic carbocycles. The third-order valence-corrected chi connectivity index (χ3v) is 5.12. The number of hydrogen-bond donors (Lipinski definition) is 1. The van der Waals surface area contributed by atoms with Crippen molar-refractivity contribution in [2.24, 2.45) is 0 Å². The van der Waals surface area contributed by atoms with E-state index >= 15 is 0 Å². The van der Waals surface area contributed by atoms with Gasteiger partial charge in [0.05, 0.1) is 12.0 Å². The monoisotopic (exact) mass is 436 g/mol. The molecule has 8 heteroatoms. The van der Waals surface area contributed by atoms with Crippen LogP contribution in [-0.2, 0) is 11.0 Å². The molecule has 1 saturated carbocycles. The quantitative estimate of drug-likeness (QED) is 0.571. The van der Waals surface area contributed by atoms with Crippen molar-refractivity contribution in [2.45, 2.75) is 44.5 Å². The van der Waals surface area contributed by atoms with E-state index < -0.39 is 17.6 Å². The van der Waals surface area contributed by atoms with Crippen molar-refractivity contribution in [1.82, 2.24) is 10.3 Å². The van der Waals surface area contributed by atoms with E-state index in [4.69, 9.17) is 4.74 Å². The van der Waals surface area contributed by atoms with Crippen molar-refractivity contribution < 1.29 is 28.5 Å². The van der Waals surface area contributed by atoms with Crippen LogP contribution in [-0.4, -0.2) is 23.0 Å². The van der Waals surface area contributed by atoms with E-state index in [0.717, 1.165) is 22.8 Å². The Morgan fingerprint density at radius 2 is 2.10 bits per heavy atom. The number of aromatic nitrogens is 1. The number of rotatable bonds is 7. The first-order chi connectivity index (χ1) is 14.7. The standard InChI is InChI=1S/C23H22F4N2O2.H2/c1-3-14(19-7-8-28-13-15(19)4-2)9-22(30)29-16-10-18(11-16)31-17-5-6-21(24)20(12-17)23(25,26)27;/h3-8,12-13,16,18H,2,9-11H2,1H3,(H,29,30);1H/b14-3-;. The van der Waals surface area contributed by atoms with Crippen molar-refractivity contribution >= 4 is 17.6 Å². The van der Waals surface area contributed by atoms with Crippen LogP contribution in [0.5, 0.6) is 5.75 Å². The zero-order valence-electron chi connectivity index (χ0n) is 16.9. The van der Waals surface area contributed by atoms with Crippen LogP contribution in [0.4, 0.5) is 17.6 Å². The van der Waals surface area contributed by atoms with Gasteiger partial charge in [0, 0.05) is 32.7 Å². The maximum Gasteiger partial charge on any atom is 0.419 e. The van der Waals surface area contributed by atoms with Gasteiger partial charge < -0.3 is 10.1 Å².